The molecule has 0 aliphatic heterocycles. The number of benzene rings is 1. The summed E-state index contributed by atoms with van der Waals surface area (Å²) in [5.41, 5.74) is 9.41. The van der Waals surface area contributed by atoms with Crippen molar-refractivity contribution in [1.82, 2.24) is 9.55 Å². The second-order valence-electron chi connectivity index (χ2n) is 5.54. The van der Waals surface area contributed by atoms with E-state index in [0.717, 1.165) is 29.4 Å². The minimum Gasteiger partial charge on any atom is -0.383 e. The first kappa shape index (κ1) is 14.4. The van der Waals surface area contributed by atoms with Crippen LogP contribution in [0.25, 0.3) is 11.3 Å². The molecule has 0 fully saturated rings. The van der Waals surface area contributed by atoms with Crippen LogP contribution in [0.2, 0.25) is 0 Å². The fourth-order valence-electron chi connectivity index (χ4n) is 2.39. The first-order chi connectivity index (χ1) is 9.45. The highest BCUT2D eigenvalue weighted by Gasteiger charge is 2.17. The second kappa shape index (κ2) is 5.57. The lowest BCUT2D eigenvalue weighted by Crippen LogP contribution is -2.08. The summed E-state index contributed by atoms with van der Waals surface area (Å²) in [5, 5.41) is 0. The number of hydrogen-bond donors (Lipinski definition) is 1. The van der Waals surface area contributed by atoms with Crippen molar-refractivity contribution >= 4 is 11.5 Å². The van der Waals surface area contributed by atoms with E-state index in [-0.39, 0.29) is 0 Å². The number of imidazole rings is 1. The molecule has 4 heteroatoms. The lowest BCUT2D eigenvalue weighted by atomic mass is 10.1. The number of hydrogen-bond acceptors (Lipinski definition) is 3. The molecule has 20 heavy (non-hydrogen) atoms. The fraction of sp³-hybridized carbons (Fsp3) is 0.438. The molecule has 2 aromatic rings. The van der Waals surface area contributed by atoms with Crippen molar-refractivity contribution < 1.29 is 0 Å². The first-order valence-corrected chi connectivity index (χ1v) is 7.09. The van der Waals surface area contributed by atoms with Gasteiger partial charge < -0.3 is 15.2 Å². The zero-order valence-corrected chi connectivity index (χ0v) is 13.0. The van der Waals surface area contributed by atoms with E-state index in [4.69, 9.17) is 10.7 Å². The Balaban J connectivity index is 2.47. The van der Waals surface area contributed by atoms with Crippen molar-refractivity contribution in [3.05, 3.63) is 30.1 Å². The predicted octanol–water partition coefficient (Wildman–Crippen LogP) is 3.34. The van der Waals surface area contributed by atoms with Gasteiger partial charge in [-0.15, -0.1) is 0 Å². The highest BCUT2D eigenvalue weighted by atomic mass is 15.1. The molecule has 0 bridgehead atoms. The molecule has 1 aromatic carbocycles. The van der Waals surface area contributed by atoms with E-state index in [0.29, 0.717) is 5.92 Å². The number of nitrogens with two attached hydrogens (primary N) is 1. The normalized spacial score (nSPS) is 11.1. The number of nitrogen functional groups attached to an aromatic ring is 1. The van der Waals surface area contributed by atoms with Gasteiger partial charge in [0.15, 0.2) is 0 Å². The maximum Gasteiger partial charge on any atom is 0.131 e. The van der Waals surface area contributed by atoms with Crippen LogP contribution in [0.5, 0.6) is 0 Å². The Bertz CT molecular complexity index is 579. The Hall–Kier alpha value is -1.97. The average Bonchev–Trinajstić information content (AvgIpc) is 2.76. The number of aromatic nitrogens is 2. The van der Waals surface area contributed by atoms with Crippen molar-refractivity contribution in [2.24, 2.45) is 0 Å². The van der Waals surface area contributed by atoms with Crippen LogP contribution < -0.4 is 10.6 Å². The standard InChI is InChI=1S/C16H24N4/c1-6-20-15(17)14(18-16(20)11(2)3)12-7-9-13(10-8-12)19(4)5/h7-11H,6,17H2,1-5H3. The first-order valence-electron chi connectivity index (χ1n) is 7.09. The molecule has 108 valence electrons. The third-order valence-corrected chi connectivity index (χ3v) is 3.53. The van der Waals surface area contributed by atoms with E-state index < -0.39 is 0 Å². The Labute approximate surface area is 121 Å². The molecular formula is C16H24N4. The summed E-state index contributed by atoms with van der Waals surface area (Å²) in [6.07, 6.45) is 0. The van der Waals surface area contributed by atoms with Gasteiger partial charge in [0.25, 0.3) is 0 Å². The van der Waals surface area contributed by atoms with Crippen LogP contribution in [0.4, 0.5) is 11.5 Å². The third-order valence-electron chi connectivity index (χ3n) is 3.53. The van der Waals surface area contributed by atoms with Crippen molar-refractivity contribution in [2.45, 2.75) is 33.2 Å². The third kappa shape index (κ3) is 2.50. The van der Waals surface area contributed by atoms with E-state index >= 15 is 0 Å². The summed E-state index contributed by atoms with van der Waals surface area (Å²) in [7, 11) is 4.07. The average molecular weight is 272 g/mol. The van der Waals surface area contributed by atoms with E-state index in [9.17, 15) is 0 Å². The largest absolute Gasteiger partial charge is 0.383 e. The van der Waals surface area contributed by atoms with Gasteiger partial charge in [-0.05, 0) is 19.1 Å². The monoisotopic (exact) mass is 272 g/mol. The van der Waals surface area contributed by atoms with Gasteiger partial charge in [-0.2, -0.15) is 0 Å². The van der Waals surface area contributed by atoms with E-state index in [1.54, 1.807) is 0 Å². The molecule has 0 saturated heterocycles. The van der Waals surface area contributed by atoms with Gasteiger partial charge in [-0.1, -0.05) is 26.0 Å². The quantitative estimate of drug-likeness (QED) is 0.928. The maximum absolute atomic E-state index is 6.27. The molecule has 0 radical (unpaired) electrons. The highest BCUT2D eigenvalue weighted by Crippen LogP contribution is 2.30. The summed E-state index contributed by atoms with van der Waals surface area (Å²) < 4.78 is 2.10. The maximum atomic E-state index is 6.27. The zero-order valence-electron chi connectivity index (χ0n) is 13.0. The van der Waals surface area contributed by atoms with Crippen LogP contribution in [0, 0.1) is 0 Å². The second-order valence-corrected chi connectivity index (χ2v) is 5.54. The smallest absolute Gasteiger partial charge is 0.131 e. The lowest BCUT2D eigenvalue weighted by Gasteiger charge is -2.12. The predicted molar refractivity (Wildman–Crippen MR) is 86.2 cm³/mol. The molecule has 2 N–H and O–H groups in total. The van der Waals surface area contributed by atoms with Crippen molar-refractivity contribution in [3.8, 4) is 11.3 Å². The summed E-state index contributed by atoms with van der Waals surface area (Å²) in [6.45, 7) is 7.24. The molecule has 4 nitrogen and oxygen atoms in total. The van der Waals surface area contributed by atoms with Crippen LogP contribution >= 0.6 is 0 Å². The lowest BCUT2D eigenvalue weighted by molar-refractivity contribution is 0.658. The Morgan fingerprint density at radius 3 is 2.20 bits per heavy atom. The fourth-order valence-corrected chi connectivity index (χ4v) is 2.39. The van der Waals surface area contributed by atoms with E-state index in [2.05, 4.69) is 54.5 Å². The Morgan fingerprint density at radius 2 is 1.80 bits per heavy atom. The summed E-state index contributed by atoms with van der Waals surface area (Å²) in [4.78, 5) is 6.83. The molecule has 0 unspecified atom stereocenters. The SMILES string of the molecule is CCn1c(C(C)C)nc(-c2ccc(N(C)C)cc2)c1N. The van der Waals surface area contributed by atoms with Gasteiger partial charge in [0.1, 0.15) is 17.3 Å². The van der Waals surface area contributed by atoms with Crippen LogP contribution in [0.1, 0.15) is 32.5 Å². The van der Waals surface area contributed by atoms with Gasteiger partial charge >= 0.3 is 0 Å². The van der Waals surface area contributed by atoms with Crippen LogP contribution in [-0.2, 0) is 6.54 Å². The number of nitrogens with zero attached hydrogens (tertiary/aromatic N) is 3. The molecule has 2 rings (SSSR count). The minimum absolute atomic E-state index is 0.368. The molecule has 0 amide bonds. The minimum atomic E-state index is 0.368. The molecule has 0 atom stereocenters. The van der Waals surface area contributed by atoms with Gasteiger partial charge in [-0.25, -0.2) is 4.98 Å². The molecular weight excluding hydrogens is 248 g/mol. The van der Waals surface area contributed by atoms with Gasteiger partial charge in [0, 0.05) is 37.8 Å². The van der Waals surface area contributed by atoms with Crippen LogP contribution in [-0.4, -0.2) is 23.6 Å². The highest BCUT2D eigenvalue weighted by molar-refractivity contribution is 5.72. The summed E-state index contributed by atoms with van der Waals surface area (Å²) in [6, 6.07) is 8.35. The Kier molecular flexibility index (Phi) is 4.02. The van der Waals surface area contributed by atoms with Crippen LogP contribution in [0.15, 0.2) is 24.3 Å². The van der Waals surface area contributed by atoms with Crippen molar-refractivity contribution in [1.29, 1.82) is 0 Å². The molecule has 1 aromatic heterocycles. The van der Waals surface area contributed by atoms with Gasteiger partial charge in [0.2, 0.25) is 0 Å². The zero-order chi connectivity index (χ0) is 14.9. The van der Waals surface area contributed by atoms with Crippen molar-refractivity contribution in [2.75, 3.05) is 24.7 Å². The summed E-state index contributed by atoms with van der Waals surface area (Å²) in [5.74, 6) is 2.18. The van der Waals surface area contributed by atoms with Gasteiger partial charge in [0.05, 0.1) is 0 Å². The van der Waals surface area contributed by atoms with Crippen LogP contribution in [0.3, 0.4) is 0 Å². The van der Waals surface area contributed by atoms with Gasteiger partial charge in [-0.3, -0.25) is 0 Å². The molecule has 0 aliphatic carbocycles. The van der Waals surface area contributed by atoms with Crippen molar-refractivity contribution in [3.63, 3.8) is 0 Å². The van der Waals surface area contributed by atoms with E-state index in [1.807, 2.05) is 14.1 Å². The molecule has 0 aliphatic rings. The summed E-state index contributed by atoms with van der Waals surface area (Å²) >= 11 is 0. The molecule has 1 heterocycles. The topological polar surface area (TPSA) is 47.1 Å². The number of rotatable bonds is 4. The molecule has 0 spiro atoms. The Morgan fingerprint density at radius 1 is 1.20 bits per heavy atom. The molecule has 0 saturated carbocycles. The van der Waals surface area contributed by atoms with E-state index in [1.165, 1.54) is 5.69 Å². The number of anilines is 2.